The maximum atomic E-state index is 12.2. The molecule has 0 radical (unpaired) electrons. The van der Waals surface area contributed by atoms with E-state index in [1.54, 1.807) is 12.1 Å². The zero-order chi connectivity index (χ0) is 14.4. The number of benzene rings is 1. The van der Waals surface area contributed by atoms with Crippen LogP contribution in [0.25, 0.3) is 0 Å². The fourth-order valence-electron chi connectivity index (χ4n) is 2.02. The van der Waals surface area contributed by atoms with Crippen LogP contribution in [0.4, 0.5) is 0 Å². The Morgan fingerprint density at radius 3 is 2.55 bits per heavy atom. The van der Waals surface area contributed by atoms with E-state index >= 15 is 0 Å². The van der Waals surface area contributed by atoms with Gasteiger partial charge in [0.15, 0.2) is 0 Å². The minimum atomic E-state index is -1.54. The number of esters is 1. The van der Waals surface area contributed by atoms with Gasteiger partial charge in [-0.25, -0.2) is 0 Å². The highest BCUT2D eigenvalue weighted by Gasteiger charge is 2.39. The van der Waals surface area contributed by atoms with Gasteiger partial charge >= 0.3 is 11.9 Å². The third-order valence-electron chi connectivity index (χ3n) is 3.11. The second-order valence-corrected chi connectivity index (χ2v) is 4.33. The average molecular weight is 281 g/mol. The van der Waals surface area contributed by atoms with Gasteiger partial charge in [-0.2, -0.15) is 0 Å². The number of carbonyl (C=O) groups is 1. The predicted molar refractivity (Wildman–Crippen MR) is 70.8 cm³/mol. The molecule has 0 aliphatic carbocycles. The maximum Gasteiger partial charge on any atom is 0.357 e. The number of carbonyl (C=O) groups excluding carboxylic acids is 1. The van der Waals surface area contributed by atoms with E-state index in [0.29, 0.717) is 18.7 Å². The number of hydrogen-bond donors (Lipinski definition) is 1. The van der Waals surface area contributed by atoms with E-state index in [0.717, 1.165) is 0 Å². The Labute approximate surface area is 118 Å². The van der Waals surface area contributed by atoms with Gasteiger partial charge in [0.25, 0.3) is 0 Å². The van der Waals surface area contributed by atoms with Gasteiger partial charge in [-0.05, 0) is 12.1 Å². The highest BCUT2D eigenvalue weighted by molar-refractivity contribution is 5.76. The minimum Gasteiger partial charge on any atom is -0.402 e. The molecule has 1 heterocycles. The molecule has 0 spiro atoms. The summed E-state index contributed by atoms with van der Waals surface area (Å²) in [5.74, 6) is -2.02. The standard InChI is InChI=1S/C14H19NO5/c1-17-14(18-2,11-6-4-3-5-7-11)20-13(16)12-10-19-9-8-15-12/h3-7,12,15H,8-10H2,1-2H3. The van der Waals surface area contributed by atoms with Crippen molar-refractivity contribution in [3.8, 4) is 0 Å². The maximum absolute atomic E-state index is 12.2. The smallest absolute Gasteiger partial charge is 0.357 e. The monoisotopic (exact) mass is 281 g/mol. The lowest BCUT2D eigenvalue weighted by molar-refractivity contribution is -0.356. The van der Waals surface area contributed by atoms with Gasteiger partial charge in [-0.15, -0.1) is 0 Å². The lowest BCUT2D eigenvalue weighted by Gasteiger charge is -2.32. The molecule has 1 saturated heterocycles. The van der Waals surface area contributed by atoms with Crippen molar-refractivity contribution in [2.45, 2.75) is 12.0 Å². The molecule has 1 atom stereocenters. The van der Waals surface area contributed by atoms with Crippen molar-refractivity contribution in [2.24, 2.45) is 0 Å². The molecule has 6 heteroatoms. The van der Waals surface area contributed by atoms with Crippen molar-refractivity contribution in [1.29, 1.82) is 0 Å². The molecule has 1 N–H and O–H groups in total. The van der Waals surface area contributed by atoms with Crippen molar-refractivity contribution in [3.63, 3.8) is 0 Å². The third-order valence-corrected chi connectivity index (χ3v) is 3.11. The van der Waals surface area contributed by atoms with E-state index in [-0.39, 0.29) is 6.61 Å². The van der Waals surface area contributed by atoms with Crippen molar-refractivity contribution in [2.75, 3.05) is 34.0 Å². The third kappa shape index (κ3) is 3.16. The molecule has 0 amide bonds. The lowest BCUT2D eigenvalue weighted by Crippen LogP contribution is -2.50. The highest BCUT2D eigenvalue weighted by Crippen LogP contribution is 2.28. The second kappa shape index (κ2) is 6.81. The molecule has 0 saturated carbocycles. The Morgan fingerprint density at radius 1 is 1.30 bits per heavy atom. The number of methoxy groups -OCH3 is 2. The van der Waals surface area contributed by atoms with Crippen LogP contribution in [0.15, 0.2) is 30.3 Å². The van der Waals surface area contributed by atoms with E-state index < -0.39 is 18.0 Å². The summed E-state index contributed by atoms with van der Waals surface area (Å²) in [7, 11) is 2.85. The van der Waals surface area contributed by atoms with E-state index in [1.807, 2.05) is 18.2 Å². The fourth-order valence-corrected chi connectivity index (χ4v) is 2.02. The van der Waals surface area contributed by atoms with E-state index in [9.17, 15) is 4.79 Å². The molecule has 1 aromatic rings. The molecule has 0 bridgehead atoms. The van der Waals surface area contributed by atoms with Crippen LogP contribution < -0.4 is 5.32 Å². The predicted octanol–water partition coefficient (Wildman–Crippen LogP) is 0.621. The van der Waals surface area contributed by atoms with Crippen molar-refractivity contribution < 1.29 is 23.7 Å². The SMILES string of the molecule is COC(OC)(OC(=O)C1COCCN1)c1ccccc1. The first-order valence-electron chi connectivity index (χ1n) is 6.41. The second-order valence-electron chi connectivity index (χ2n) is 4.33. The largest absolute Gasteiger partial charge is 0.402 e. The van der Waals surface area contributed by atoms with Crippen LogP contribution in [0.3, 0.4) is 0 Å². The van der Waals surface area contributed by atoms with Crippen molar-refractivity contribution in [1.82, 2.24) is 5.32 Å². The number of morpholine rings is 1. The normalized spacial score (nSPS) is 19.6. The van der Waals surface area contributed by atoms with Crippen molar-refractivity contribution >= 4 is 5.97 Å². The van der Waals surface area contributed by atoms with Gasteiger partial charge < -0.3 is 24.3 Å². The van der Waals surface area contributed by atoms with E-state index in [1.165, 1.54) is 14.2 Å². The first kappa shape index (κ1) is 14.9. The molecule has 6 nitrogen and oxygen atoms in total. The summed E-state index contributed by atoms with van der Waals surface area (Å²) >= 11 is 0. The Kier molecular flexibility index (Phi) is 5.08. The molecular weight excluding hydrogens is 262 g/mol. The van der Waals surface area contributed by atoms with Crippen LogP contribution in [0.2, 0.25) is 0 Å². The Bertz CT molecular complexity index is 426. The summed E-state index contributed by atoms with van der Waals surface area (Å²) in [6, 6.07) is 8.52. The molecule has 1 aromatic carbocycles. The highest BCUT2D eigenvalue weighted by atomic mass is 16.9. The van der Waals surface area contributed by atoms with Crippen LogP contribution in [-0.4, -0.2) is 46.0 Å². The van der Waals surface area contributed by atoms with Crippen LogP contribution >= 0.6 is 0 Å². The molecule has 20 heavy (non-hydrogen) atoms. The number of nitrogens with one attached hydrogen (secondary N) is 1. The summed E-state index contributed by atoms with van der Waals surface area (Å²) in [5, 5.41) is 3.03. The molecule has 1 fully saturated rings. The van der Waals surface area contributed by atoms with Crippen molar-refractivity contribution in [3.05, 3.63) is 35.9 Å². The van der Waals surface area contributed by atoms with Crippen LogP contribution in [0, 0.1) is 0 Å². The van der Waals surface area contributed by atoms with Crippen LogP contribution in [-0.2, 0) is 29.7 Å². The average Bonchev–Trinajstić information content (AvgIpc) is 2.54. The van der Waals surface area contributed by atoms with E-state index in [2.05, 4.69) is 5.32 Å². The molecule has 1 unspecified atom stereocenters. The fraction of sp³-hybridized carbons (Fsp3) is 0.500. The molecule has 110 valence electrons. The van der Waals surface area contributed by atoms with Gasteiger partial charge in [0.2, 0.25) is 0 Å². The quantitative estimate of drug-likeness (QED) is 0.630. The zero-order valence-electron chi connectivity index (χ0n) is 11.6. The molecule has 1 aliphatic rings. The molecule has 0 aromatic heterocycles. The molecular formula is C14H19NO5. The summed E-state index contributed by atoms with van der Waals surface area (Å²) in [6.07, 6.45) is 0. The topological polar surface area (TPSA) is 66.0 Å². The van der Waals surface area contributed by atoms with E-state index in [4.69, 9.17) is 18.9 Å². The zero-order valence-corrected chi connectivity index (χ0v) is 11.6. The number of rotatable bonds is 5. The Morgan fingerprint density at radius 2 is 2.00 bits per heavy atom. The summed E-state index contributed by atoms with van der Waals surface area (Å²) in [6.45, 7) is 1.47. The molecule has 2 rings (SSSR count). The number of ether oxygens (including phenoxy) is 4. The molecule has 1 aliphatic heterocycles. The Hall–Kier alpha value is -1.47. The Balaban J connectivity index is 2.14. The lowest BCUT2D eigenvalue weighted by atomic mass is 10.2. The van der Waals surface area contributed by atoms with Gasteiger partial charge in [0.05, 0.1) is 18.8 Å². The summed E-state index contributed by atoms with van der Waals surface area (Å²) in [4.78, 5) is 12.2. The van der Waals surface area contributed by atoms with Gasteiger partial charge in [0, 0.05) is 20.8 Å². The van der Waals surface area contributed by atoms with Crippen LogP contribution in [0.1, 0.15) is 5.56 Å². The van der Waals surface area contributed by atoms with Gasteiger partial charge in [-0.1, -0.05) is 18.2 Å². The number of hydrogen-bond acceptors (Lipinski definition) is 6. The summed E-state index contributed by atoms with van der Waals surface area (Å²) < 4.78 is 21.3. The van der Waals surface area contributed by atoms with Gasteiger partial charge in [0.1, 0.15) is 6.04 Å². The van der Waals surface area contributed by atoms with Gasteiger partial charge in [-0.3, -0.25) is 4.79 Å². The first-order valence-corrected chi connectivity index (χ1v) is 6.41. The minimum absolute atomic E-state index is 0.275. The first-order chi connectivity index (χ1) is 9.72. The van der Waals surface area contributed by atoms with Crippen LogP contribution in [0.5, 0.6) is 0 Å². The summed E-state index contributed by atoms with van der Waals surface area (Å²) in [5.41, 5.74) is 0.607.